The summed E-state index contributed by atoms with van der Waals surface area (Å²) in [5.74, 6) is 0.826. The van der Waals surface area contributed by atoms with Crippen molar-refractivity contribution in [1.29, 1.82) is 0 Å². The van der Waals surface area contributed by atoms with E-state index in [-0.39, 0.29) is 17.8 Å². The van der Waals surface area contributed by atoms with E-state index in [1.54, 1.807) is 24.8 Å². The number of carbonyl (C=O) groups is 1. The lowest BCUT2D eigenvalue weighted by Gasteiger charge is -2.13. The summed E-state index contributed by atoms with van der Waals surface area (Å²) in [5.41, 5.74) is 1.10. The number of benzene rings is 1. The molecule has 0 unspecified atom stereocenters. The monoisotopic (exact) mass is 283 g/mol. The number of anilines is 1. The number of nitrogens with one attached hydrogen (secondary N) is 2. The van der Waals surface area contributed by atoms with Crippen LogP contribution >= 0.6 is 11.8 Å². The molecule has 7 heteroatoms. The molecular formula is C12H17N3O3S. The molecule has 104 valence electrons. The molecule has 2 amide bonds. The smallest absolute Gasteiger partial charge is 0.319 e. The standard InChI is InChI=1S/C12H17N3O3S/c1-8-6-10(4-5-11(8)15(17)18)14-12(16)13-9(2)7-19-3/h4-6,9H,7H2,1-3H3,(H2,13,14,16)/t9-/m0/s1. The molecule has 2 N–H and O–H groups in total. The molecule has 0 fully saturated rings. The number of thioether (sulfide) groups is 1. The van der Waals surface area contributed by atoms with Gasteiger partial charge >= 0.3 is 6.03 Å². The zero-order chi connectivity index (χ0) is 14.4. The number of nitro benzene ring substituents is 1. The van der Waals surface area contributed by atoms with Crippen molar-refractivity contribution in [1.82, 2.24) is 5.32 Å². The highest BCUT2D eigenvalue weighted by Crippen LogP contribution is 2.21. The maximum Gasteiger partial charge on any atom is 0.319 e. The Morgan fingerprint density at radius 1 is 1.53 bits per heavy atom. The second-order valence-electron chi connectivity index (χ2n) is 4.21. The minimum Gasteiger partial charge on any atom is -0.335 e. The van der Waals surface area contributed by atoms with Crippen LogP contribution in [0.1, 0.15) is 12.5 Å². The number of nitrogens with zero attached hydrogens (tertiary/aromatic N) is 1. The van der Waals surface area contributed by atoms with E-state index in [4.69, 9.17) is 0 Å². The first-order valence-electron chi connectivity index (χ1n) is 5.75. The number of urea groups is 1. The van der Waals surface area contributed by atoms with Crippen molar-refractivity contribution in [2.24, 2.45) is 0 Å². The predicted molar refractivity (Wildman–Crippen MR) is 77.8 cm³/mol. The Morgan fingerprint density at radius 3 is 2.74 bits per heavy atom. The van der Waals surface area contributed by atoms with Crippen LogP contribution in [0.3, 0.4) is 0 Å². The summed E-state index contributed by atoms with van der Waals surface area (Å²) in [5, 5.41) is 16.1. The molecule has 19 heavy (non-hydrogen) atoms. The van der Waals surface area contributed by atoms with Gasteiger partial charge in [0.25, 0.3) is 5.69 Å². The number of nitro groups is 1. The van der Waals surface area contributed by atoms with Gasteiger partial charge in [0.1, 0.15) is 0 Å². The molecule has 0 heterocycles. The molecule has 1 rings (SSSR count). The molecule has 6 nitrogen and oxygen atoms in total. The summed E-state index contributed by atoms with van der Waals surface area (Å²) in [7, 11) is 0. The highest BCUT2D eigenvalue weighted by atomic mass is 32.2. The van der Waals surface area contributed by atoms with E-state index in [9.17, 15) is 14.9 Å². The minimum atomic E-state index is -0.445. The van der Waals surface area contributed by atoms with E-state index in [0.717, 1.165) is 5.75 Å². The van der Waals surface area contributed by atoms with Crippen LogP contribution in [0.25, 0.3) is 0 Å². The Balaban J connectivity index is 2.65. The van der Waals surface area contributed by atoms with Gasteiger partial charge in [0.15, 0.2) is 0 Å². The Morgan fingerprint density at radius 2 is 2.21 bits per heavy atom. The molecule has 0 saturated carbocycles. The fourth-order valence-electron chi connectivity index (χ4n) is 1.62. The van der Waals surface area contributed by atoms with Gasteiger partial charge in [-0.05, 0) is 32.2 Å². The first-order valence-corrected chi connectivity index (χ1v) is 7.15. The Labute approximate surface area is 116 Å². The zero-order valence-corrected chi connectivity index (χ0v) is 11.9. The molecule has 0 aliphatic heterocycles. The number of carbonyl (C=O) groups excluding carboxylic acids is 1. The van der Waals surface area contributed by atoms with Crippen molar-refractivity contribution in [3.05, 3.63) is 33.9 Å². The summed E-state index contributed by atoms with van der Waals surface area (Å²) >= 11 is 1.65. The quantitative estimate of drug-likeness (QED) is 0.643. The van der Waals surface area contributed by atoms with Crippen LogP contribution < -0.4 is 10.6 Å². The number of amides is 2. The van der Waals surface area contributed by atoms with Gasteiger partial charge in [0, 0.05) is 29.1 Å². The van der Waals surface area contributed by atoms with Crippen LogP contribution in [0.5, 0.6) is 0 Å². The summed E-state index contributed by atoms with van der Waals surface area (Å²) in [6.07, 6.45) is 1.97. The largest absolute Gasteiger partial charge is 0.335 e. The van der Waals surface area contributed by atoms with Crippen molar-refractivity contribution < 1.29 is 9.72 Å². The Bertz CT molecular complexity index is 479. The van der Waals surface area contributed by atoms with E-state index in [1.165, 1.54) is 12.1 Å². The van der Waals surface area contributed by atoms with Crippen LogP contribution in [0.2, 0.25) is 0 Å². The minimum absolute atomic E-state index is 0.0432. The normalized spacial score (nSPS) is 11.7. The number of aryl methyl sites for hydroxylation is 1. The molecule has 0 radical (unpaired) electrons. The third-order valence-corrected chi connectivity index (χ3v) is 3.28. The van der Waals surface area contributed by atoms with Crippen LogP contribution in [-0.2, 0) is 0 Å². The summed E-state index contributed by atoms with van der Waals surface area (Å²) in [6.45, 7) is 3.55. The molecule has 1 aromatic carbocycles. The topological polar surface area (TPSA) is 84.3 Å². The molecule has 0 saturated heterocycles. The van der Waals surface area contributed by atoms with E-state index in [1.807, 2.05) is 13.2 Å². The van der Waals surface area contributed by atoms with E-state index in [2.05, 4.69) is 10.6 Å². The highest BCUT2D eigenvalue weighted by Gasteiger charge is 2.12. The average molecular weight is 283 g/mol. The van der Waals surface area contributed by atoms with Crippen LogP contribution in [-0.4, -0.2) is 29.0 Å². The maximum absolute atomic E-state index is 11.7. The van der Waals surface area contributed by atoms with Crippen molar-refractivity contribution in [2.75, 3.05) is 17.3 Å². The van der Waals surface area contributed by atoms with Crippen LogP contribution in [0.4, 0.5) is 16.2 Å². The van der Waals surface area contributed by atoms with Crippen molar-refractivity contribution >= 4 is 29.2 Å². The molecule has 1 atom stereocenters. The Hall–Kier alpha value is -1.76. The first kappa shape index (κ1) is 15.3. The van der Waals surface area contributed by atoms with Gasteiger partial charge < -0.3 is 10.6 Å². The van der Waals surface area contributed by atoms with Crippen LogP contribution in [0, 0.1) is 17.0 Å². The molecular weight excluding hydrogens is 266 g/mol. The Kier molecular flexibility index (Phi) is 5.62. The molecule has 0 aliphatic rings. The van der Waals surface area contributed by atoms with E-state index < -0.39 is 4.92 Å². The van der Waals surface area contributed by atoms with Crippen LogP contribution in [0.15, 0.2) is 18.2 Å². The van der Waals surface area contributed by atoms with E-state index >= 15 is 0 Å². The van der Waals surface area contributed by atoms with Gasteiger partial charge in [-0.25, -0.2) is 4.79 Å². The lowest BCUT2D eigenvalue weighted by molar-refractivity contribution is -0.385. The lowest BCUT2D eigenvalue weighted by Crippen LogP contribution is -2.37. The molecule has 0 aromatic heterocycles. The zero-order valence-electron chi connectivity index (χ0n) is 11.1. The summed E-state index contributed by atoms with van der Waals surface area (Å²) in [6, 6.07) is 4.24. The number of rotatable bonds is 5. The van der Waals surface area contributed by atoms with Gasteiger partial charge in [-0.3, -0.25) is 10.1 Å². The van der Waals surface area contributed by atoms with Crippen molar-refractivity contribution in [3.63, 3.8) is 0 Å². The van der Waals surface area contributed by atoms with Gasteiger partial charge in [0.2, 0.25) is 0 Å². The maximum atomic E-state index is 11.7. The lowest BCUT2D eigenvalue weighted by atomic mass is 10.2. The second-order valence-corrected chi connectivity index (χ2v) is 5.12. The molecule has 0 bridgehead atoms. The molecule has 0 aliphatic carbocycles. The fourth-order valence-corrected chi connectivity index (χ4v) is 2.20. The van der Waals surface area contributed by atoms with Crippen molar-refractivity contribution in [3.8, 4) is 0 Å². The average Bonchev–Trinajstić information content (AvgIpc) is 2.28. The number of hydrogen-bond donors (Lipinski definition) is 2. The van der Waals surface area contributed by atoms with Gasteiger partial charge in [-0.15, -0.1) is 0 Å². The van der Waals surface area contributed by atoms with E-state index in [0.29, 0.717) is 11.3 Å². The van der Waals surface area contributed by atoms with Gasteiger partial charge in [0.05, 0.1) is 4.92 Å². The third-order valence-electron chi connectivity index (χ3n) is 2.45. The SMILES string of the molecule is CSC[C@H](C)NC(=O)Nc1ccc([N+](=O)[O-])c(C)c1. The summed E-state index contributed by atoms with van der Waals surface area (Å²) in [4.78, 5) is 21.9. The predicted octanol–water partition coefficient (Wildman–Crippen LogP) is 2.78. The second kappa shape index (κ2) is 6.98. The number of hydrogen-bond acceptors (Lipinski definition) is 4. The summed E-state index contributed by atoms with van der Waals surface area (Å²) < 4.78 is 0. The first-order chi connectivity index (χ1) is 8.93. The van der Waals surface area contributed by atoms with Gasteiger partial charge in [-0.2, -0.15) is 11.8 Å². The molecule has 1 aromatic rings. The highest BCUT2D eigenvalue weighted by molar-refractivity contribution is 7.98. The van der Waals surface area contributed by atoms with Gasteiger partial charge in [-0.1, -0.05) is 0 Å². The molecule has 0 spiro atoms. The third kappa shape index (κ3) is 4.78. The van der Waals surface area contributed by atoms with Crippen molar-refractivity contribution in [2.45, 2.75) is 19.9 Å². The fraction of sp³-hybridized carbons (Fsp3) is 0.417.